The smallest absolute Gasteiger partial charge is 0.326 e. The van der Waals surface area contributed by atoms with E-state index in [9.17, 15) is 34.2 Å². The fourth-order valence-corrected chi connectivity index (χ4v) is 3.02. The second-order valence-electron chi connectivity index (χ2n) is 8.55. The predicted molar refractivity (Wildman–Crippen MR) is 131 cm³/mol. The molecule has 0 heterocycles. The van der Waals surface area contributed by atoms with E-state index in [1.165, 1.54) is 6.92 Å². The van der Waals surface area contributed by atoms with Crippen molar-refractivity contribution < 1.29 is 34.2 Å². The molecule has 0 fully saturated rings. The fraction of sp³-hybridized carbons (Fsp3) is 0.714. The van der Waals surface area contributed by atoms with Crippen molar-refractivity contribution >= 4 is 35.6 Å². The van der Waals surface area contributed by atoms with E-state index in [1.54, 1.807) is 6.92 Å². The first-order valence-corrected chi connectivity index (χ1v) is 11.6. The summed E-state index contributed by atoms with van der Waals surface area (Å²) >= 11 is 0. The van der Waals surface area contributed by atoms with Crippen LogP contribution >= 0.6 is 0 Å². The third-order valence-corrected chi connectivity index (χ3v) is 5.49. The summed E-state index contributed by atoms with van der Waals surface area (Å²) in [5.41, 5.74) is 21.6. The zero-order chi connectivity index (χ0) is 28.0. The van der Waals surface area contributed by atoms with Crippen LogP contribution in [-0.2, 0) is 24.0 Å². The molecule has 0 aromatic rings. The third kappa shape index (κ3) is 12.3. The van der Waals surface area contributed by atoms with Crippen molar-refractivity contribution in [1.29, 1.82) is 0 Å². The minimum atomic E-state index is -1.56. The molecular weight excluding hydrogens is 476 g/mol. The number of aliphatic hydroxyl groups excluding tert-OH is 1. The number of nitrogens with two attached hydrogens (primary N) is 4. The molecule has 0 aliphatic carbocycles. The molecule has 0 bridgehead atoms. The van der Waals surface area contributed by atoms with E-state index >= 15 is 0 Å². The van der Waals surface area contributed by atoms with Crippen molar-refractivity contribution in [3.05, 3.63) is 0 Å². The second-order valence-corrected chi connectivity index (χ2v) is 8.55. The number of guanidine groups is 1. The molecule has 0 aliphatic rings. The number of carboxylic acid groups (broad SMARTS) is 1. The van der Waals surface area contributed by atoms with Crippen LogP contribution in [0.3, 0.4) is 0 Å². The average molecular weight is 517 g/mol. The molecule has 6 unspecified atom stereocenters. The van der Waals surface area contributed by atoms with Gasteiger partial charge in [0.2, 0.25) is 23.6 Å². The van der Waals surface area contributed by atoms with E-state index < -0.39 is 59.9 Å². The van der Waals surface area contributed by atoms with Gasteiger partial charge in [0.15, 0.2) is 5.96 Å². The van der Waals surface area contributed by atoms with Crippen LogP contribution in [-0.4, -0.2) is 82.6 Å². The average Bonchev–Trinajstić information content (AvgIpc) is 2.79. The summed E-state index contributed by atoms with van der Waals surface area (Å²) in [6.45, 7) is 5.02. The van der Waals surface area contributed by atoms with Gasteiger partial charge >= 0.3 is 5.97 Å². The Balaban J connectivity index is 5.57. The molecule has 0 spiro atoms. The summed E-state index contributed by atoms with van der Waals surface area (Å²) in [5.74, 6) is -4.89. The van der Waals surface area contributed by atoms with E-state index in [2.05, 4.69) is 20.9 Å². The van der Waals surface area contributed by atoms with Crippen LogP contribution in [0.1, 0.15) is 52.9 Å². The van der Waals surface area contributed by atoms with Gasteiger partial charge in [-0.15, -0.1) is 0 Å². The zero-order valence-electron chi connectivity index (χ0n) is 20.9. The first-order chi connectivity index (χ1) is 16.7. The number of amides is 4. The van der Waals surface area contributed by atoms with Crippen LogP contribution in [0, 0.1) is 5.92 Å². The van der Waals surface area contributed by atoms with Gasteiger partial charge in [-0.1, -0.05) is 20.3 Å². The highest BCUT2D eigenvalue weighted by atomic mass is 16.4. The number of nitrogens with zero attached hydrogens (tertiary/aromatic N) is 1. The van der Waals surface area contributed by atoms with E-state index in [-0.39, 0.29) is 44.1 Å². The van der Waals surface area contributed by atoms with Gasteiger partial charge in [0.05, 0.1) is 12.1 Å². The van der Waals surface area contributed by atoms with Crippen molar-refractivity contribution in [2.24, 2.45) is 33.8 Å². The quantitative estimate of drug-likeness (QED) is 0.0524. The summed E-state index contributed by atoms with van der Waals surface area (Å²) in [5, 5.41) is 26.4. The van der Waals surface area contributed by atoms with Gasteiger partial charge < -0.3 is 49.1 Å². The van der Waals surface area contributed by atoms with Crippen LogP contribution in [0.25, 0.3) is 0 Å². The summed E-state index contributed by atoms with van der Waals surface area (Å²) in [6, 6.07) is -5.08. The Kier molecular flexibility index (Phi) is 14.7. The first kappa shape index (κ1) is 32.5. The number of carboxylic acids is 1. The van der Waals surface area contributed by atoms with Gasteiger partial charge in [0.25, 0.3) is 0 Å². The Bertz CT molecular complexity index is 801. The standard InChI is InChI=1S/C21H40N8O7/c1-4-10(2)15(23)18(33)27-12(6-5-9-26-21(24)25)17(32)29-16(11(3)30)19(34)28-13(20(35)36)7-8-14(22)31/h10-13,15-16,30H,4-9,23H2,1-3H3,(H2,22,31)(H,27,33)(H,28,34)(H,29,32)(H,35,36)(H4,24,25,26). The Labute approximate surface area is 209 Å². The third-order valence-electron chi connectivity index (χ3n) is 5.49. The lowest BCUT2D eigenvalue weighted by Crippen LogP contribution is -2.60. The molecule has 36 heavy (non-hydrogen) atoms. The highest BCUT2D eigenvalue weighted by molar-refractivity contribution is 5.94. The van der Waals surface area contributed by atoms with Crippen LogP contribution in [0.15, 0.2) is 4.99 Å². The number of aliphatic hydroxyl groups is 1. The molecular formula is C21H40N8O7. The lowest BCUT2D eigenvalue weighted by Gasteiger charge is -2.27. The number of aliphatic imine (C=N–C) groups is 1. The Morgan fingerprint density at radius 3 is 1.94 bits per heavy atom. The van der Waals surface area contributed by atoms with Crippen LogP contribution in [0.4, 0.5) is 0 Å². The second kappa shape index (κ2) is 16.3. The number of carbonyl (C=O) groups is 5. The van der Waals surface area contributed by atoms with Crippen molar-refractivity contribution in [1.82, 2.24) is 16.0 Å². The lowest BCUT2D eigenvalue weighted by molar-refractivity contribution is -0.143. The maximum absolute atomic E-state index is 13.0. The molecule has 0 radical (unpaired) electrons. The van der Waals surface area contributed by atoms with Crippen molar-refractivity contribution in [3.8, 4) is 0 Å². The molecule has 0 aromatic carbocycles. The topological polar surface area (TPSA) is 278 Å². The zero-order valence-corrected chi connectivity index (χ0v) is 20.9. The maximum atomic E-state index is 13.0. The largest absolute Gasteiger partial charge is 0.480 e. The minimum absolute atomic E-state index is 0.0755. The number of rotatable bonds is 17. The van der Waals surface area contributed by atoms with Gasteiger partial charge in [0, 0.05) is 13.0 Å². The van der Waals surface area contributed by atoms with E-state index in [0.717, 1.165) is 0 Å². The molecule has 15 nitrogen and oxygen atoms in total. The maximum Gasteiger partial charge on any atom is 0.326 e. The van der Waals surface area contributed by atoms with Gasteiger partial charge in [-0.25, -0.2) is 4.79 Å². The summed E-state index contributed by atoms with van der Waals surface area (Å²) in [4.78, 5) is 64.5. The molecule has 0 saturated heterocycles. The number of primary amides is 1. The predicted octanol–water partition coefficient (Wildman–Crippen LogP) is -3.40. The molecule has 13 N–H and O–H groups in total. The minimum Gasteiger partial charge on any atom is -0.480 e. The van der Waals surface area contributed by atoms with Crippen LogP contribution in [0.5, 0.6) is 0 Å². The normalized spacial score (nSPS) is 15.8. The van der Waals surface area contributed by atoms with E-state index in [4.69, 9.17) is 22.9 Å². The summed E-state index contributed by atoms with van der Waals surface area (Å²) in [6.07, 6.45) is -1.03. The lowest BCUT2D eigenvalue weighted by atomic mass is 9.98. The number of hydrogen-bond donors (Lipinski definition) is 9. The Morgan fingerprint density at radius 1 is 0.889 bits per heavy atom. The number of hydrogen-bond acceptors (Lipinski definition) is 8. The molecule has 6 atom stereocenters. The molecule has 4 amide bonds. The highest BCUT2D eigenvalue weighted by Crippen LogP contribution is 2.08. The van der Waals surface area contributed by atoms with Crippen LogP contribution in [0.2, 0.25) is 0 Å². The molecule has 0 aliphatic heterocycles. The van der Waals surface area contributed by atoms with Gasteiger partial charge in [0.1, 0.15) is 18.1 Å². The van der Waals surface area contributed by atoms with E-state index in [1.807, 2.05) is 6.92 Å². The van der Waals surface area contributed by atoms with Gasteiger partial charge in [-0.3, -0.25) is 24.2 Å². The van der Waals surface area contributed by atoms with Gasteiger partial charge in [-0.05, 0) is 32.1 Å². The van der Waals surface area contributed by atoms with Crippen molar-refractivity contribution in [3.63, 3.8) is 0 Å². The van der Waals surface area contributed by atoms with Gasteiger partial charge in [-0.2, -0.15) is 0 Å². The highest BCUT2D eigenvalue weighted by Gasteiger charge is 2.33. The van der Waals surface area contributed by atoms with E-state index in [0.29, 0.717) is 6.42 Å². The number of aliphatic carboxylic acids is 1. The molecule has 0 rings (SSSR count). The molecule has 0 saturated carbocycles. The first-order valence-electron chi connectivity index (χ1n) is 11.6. The molecule has 15 heteroatoms. The number of carbonyl (C=O) groups excluding carboxylic acids is 4. The number of nitrogens with one attached hydrogen (secondary N) is 3. The summed E-state index contributed by atoms with van der Waals surface area (Å²) < 4.78 is 0. The fourth-order valence-electron chi connectivity index (χ4n) is 3.02. The van der Waals surface area contributed by atoms with Crippen LogP contribution < -0.4 is 38.9 Å². The summed E-state index contributed by atoms with van der Waals surface area (Å²) in [7, 11) is 0. The van der Waals surface area contributed by atoms with Crippen molar-refractivity contribution in [2.45, 2.75) is 83.1 Å². The Hall–Kier alpha value is -3.46. The van der Waals surface area contributed by atoms with Crippen molar-refractivity contribution in [2.75, 3.05) is 6.54 Å². The molecule has 0 aromatic heterocycles. The SMILES string of the molecule is CCC(C)C(N)C(=O)NC(CCCN=C(N)N)C(=O)NC(C(=O)NC(CCC(N)=O)C(=O)O)C(C)O. The monoisotopic (exact) mass is 516 g/mol. The molecule has 206 valence electrons. The Morgan fingerprint density at radius 2 is 1.47 bits per heavy atom.